The molecule has 1 rings (SSSR count). The van der Waals surface area contributed by atoms with Gasteiger partial charge in [-0.2, -0.15) is 5.21 Å². The number of aromatic amines is 1. The van der Waals surface area contributed by atoms with Crippen molar-refractivity contribution in [2.45, 2.75) is 13.0 Å². The lowest BCUT2D eigenvalue weighted by molar-refractivity contribution is -0.422. The Morgan fingerprint density at radius 1 is 1.75 bits per heavy atom. The van der Waals surface area contributed by atoms with E-state index in [9.17, 15) is 0 Å². The minimum atomic E-state index is 0.119. The summed E-state index contributed by atoms with van der Waals surface area (Å²) >= 11 is 0. The van der Waals surface area contributed by atoms with E-state index in [1.54, 1.807) is 0 Å². The smallest absolute Gasteiger partial charge is 0.231 e. The number of hydrogen-bond donors (Lipinski definition) is 2. The van der Waals surface area contributed by atoms with Crippen LogP contribution < -0.4 is 5.73 Å². The Morgan fingerprint density at radius 3 is 2.75 bits per heavy atom. The van der Waals surface area contributed by atoms with Crippen molar-refractivity contribution in [3.63, 3.8) is 0 Å². The summed E-state index contributed by atoms with van der Waals surface area (Å²) in [5.74, 6) is 0.657. The molecule has 0 bridgehead atoms. The number of aromatic nitrogens is 4. The lowest BCUT2D eigenvalue weighted by Crippen LogP contribution is -2.52. The van der Waals surface area contributed by atoms with Crippen molar-refractivity contribution in [3.8, 4) is 0 Å². The summed E-state index contributed by atoms with van der Waals surface area (Å²) in [7, 11) is 0. The molecular formula is C3H8N5+. The van der Waals surface area contributed by atoms with Gasteiger partial charge >= 0.3 is 0 Å². The fraction of sp³-hybridized carbons (Fsp3) is 0.667. The second kappa shape index (κ2) is 1.87. The van der Waals surface area contributed by atoms with Gasteiger partial charge < -0.3 is 5.73 Å². The van der Waals surface area contributed by atoms with Gasteiger partial charge in [-0.25, -0.2) is 0 Å². The largest absolute Gasteiger partial charge is 0.349 e. The Hall–Kier alpha value is -0.970. The third-order valence-corrected chi connectivity index (χ3v) is 0.803. The van der Waals surface area contributed by atoms with E-state index >= 15 is 0 Å². The van der Waals surface area contributed by atoms with Crippen LogP contribution in [0.15, 0.2) is 0 Å². The predicted octanol–water partition coefficient (Wildman–Crippen LogP) is -1.50. The number of nitrogens with one attached hydrogen (secondary N) is 1. The van der Waals surface area contributed by atoms with Crippen LogP contribution in [0.3, 0.4) is 0 Å². The molecule has 44 valence electrons. The van der Waals surface area contributed by atoms with E-state index in [2.05, 4.69) is 26.4 Å². The minimum Gasteiger partial charge on any atom is -0.349 e. The van der Waals surface area contributed by atoms with Crippen molar-refractivity contribution < 1.29 is 5.73 Å². The first kappa shape index (κ1) is 5.17. The first-order valence-electron chi connectivity index (χ1n) is 2.37. The molecule has 0 saturated carbocycles. The lowest BCUT2D eigenvalue weighted by atomic mass is 10.4. The fourth-order valence-corrected chi connectivity index (χ4v) is 0.378. The molecule has 1 unspecified atom stereocenters. The van der Waals surface area contributed by atoms with E-state index in [1.807, 2.05) is 6.92 Å². The van der Waals surface area contributed by atoms with Gasteiger partial charge in [0.15, 0.2) is 0 Å². The van der Waals surface area contributed by atoms with Gasteiger partial charge in [-0.15, -0.1) is 10.2 Å². The van der Waals surface area contributed by atoms with Crippen LogP contribution in [-0.2, 0) is 0 Å². The lowest BCUT2D eigenvalue weighted by Gasteiger charge is -1.87. The van der Waals surface area contributed by atoms with E-state index < -0.39 is 0 Å². The summed E-state index contributed by atoms with van der Waals surface area (Å²) in [5.41, 5.74) is 3.70. The molecular weight excluding hydrogens is 106 g/mol. The summed E-state index contributed by atoms with van der Waals surface area (Å²) in [4.78, 5) is 0. The summed E-state index contributed by atoms with van der Waals surface area (Å²) in [6.45, 7) is 1.91. The van der Waals surface area contributed by atoms with Gasteiger partial charge in [0.05, 0.1) is 0 Å². The second-order valence-corrected chi connectivity index (χ2v) is 1.67. The third kappa shape index (κ3) is 0.812. The number of nitrogens with zero attached hydrogens (tertiary/aromatic N) is 3. The van der Waals surface area contributed by atoms with E-state index in [0.29, 0.717) is 5.82 Å². The van der Waals surface area contributed by atoms with E-state index in [1.165, 1.54) is 0 Å². The molecule has 8 heavy (non-hydrogen) atoms. The normalized spacial score (nSPS) is 13.8. The predicted molar refractivity (Wildman–Crippen MR) is 25.5 cm³/mol. The monoisotopic (exact) mass is 114 g/mol. The first-order valence-corrected chi connectivity index (χ1v) is 2.37. The molecule has 1 aromatic rings. The van der Waals surface area contributed by atoms with Gasteiger partial charge in [-0.3, -0.25) is 0 Å². The van der Waals surface area contributed by atoms with Crippen LogP contribution in [0.4, 0.5) is 0 Å². The molecule has 1 aromatic heterocycles. The molecule has 5 nitrogen and oxygen atoms in total. The van der Waals surface area contributed by atoms with Gasteiger partial charge in [-0.05, 0) is 12.1 Å². The molecule has 5 heteroatoms. The Labute approximate surface area is 46.3 Å². The van der Waals surface area contributed by atoms with Gasteiger partial charge in [0.2, 0.25) is 5.82 Å². The van der Waals surface area contributed by atoms with Crippen LogP contribution in [0.2, 0.25) is 0 Å². The van der Waals surface area contributed by atoms with Gasteiger partial charge in [0.25, 0.3) is 0 Å². The fourth-order valence-electron chi connectivity index (χ4n) is 0.378. The average Bonchev–Trinajstić information content (AvgIpc) is 2.12. The van der Waals surface area contributed by atoms with Crippen LogP contribution in [0.25, 0.3) is 0 Å². The van der Waals surface area contributed by atoms with Gasteiger partial charge in [-0.1, -0.05) is 0 Å². The molecule has 0 amide bonds. The molecule has 0 aliphatic carbocycles. The number of quaternary nitrogens is 1. The van der Waals surface area contributed by atoms with Crippen LogP contribution in [0.5, 0.6) is 0 Å². The Bertz CT molecular complexity index is 143. The second-order valence-electron chi connectivity index (χ2n) is 1.67. The molecule has 1 atom stereocenters. The molecule has 1 heterocycles. The van der Waals surface area contributed by atoms with Crippen molar-refractivity contribution in [1.29, 1.82) is 0 Å². The highest BCUT2D eigenvalue weighted by molar-refractivity contribution is 4.77. The maximum absolute atomic E-state index is 3.71. The quantitative estimate of drug-likeness (QED) is 0.466. The van der Waals surface area contributed by atoms with Crippen LogP contribution >= 0.6 is 0 Å². The molecule has 0 aliphatic rings. The molecule has 0 fully saturated rings. The number of rotatable bonds is 1. The maximum Gasteiger partial charge on any atom is 0.231 e. The van der Waals surface area contributed by atoms with Crippen molar-refractivity contribution in [3.05, 3.63) is 5.82 Å². The summed E-state index contributed by atoms with van der Waals surface area (Å²) in [5, 5.41) is 13.1. The molecule has 0 aliphatic heterocycles. The molecule has 4 N–H and O–H groups in total. The standard InChI is InChI=1S/C3H7N5/c1-2(4)3-5-7-8-6-3/h2H,4H2,1H3,(H,5,6,7,8)/p+1. The van der Waals surface area contributed by atoms with E-state index in [-0.39, 0.29) is 6.04 Å². The zero-order valence-corrected chi connectivity index (χ0v) is 4.63. The summed E-state index contributed by atoms with van der Waals surface area (Å²) in [6, 6.07) is 0.119. The minimum absolute atomic E-state index is 0.119. The number of H-pyrrole nitrogens is 1. The Balaban J connectivity index is 2.77. The van der Waals surface area contributed by atoms with E-state index in [4.69, 9.17) is 0 Å². The number of tetrazole rings is 1. The van der Waals surface area contributed by atoms with Crippen molar-refractivity contribution in [2.75, 3.05) is 0 Å². The average molecular weight is 114 g/mol. The number of hydrogen-bond acceptors (Lipinski definition) is 3. The third-order valence-electron chi connectivity index (χ3n) is 0.803. The highest BCUT2D eigenvalue weighted by atomic mass is 15.5. The van der Waals surface area contributed by atoms with Crippen LogP contribution in [-0.4, -0.2) is 20.6 Å². The van der Waals surface area contributed by atoms with Gasteiger partial charge in [0.1, 0.15) is 6.04 Å². The zero-order valence-electron chi connectivity index (χ0n) is 4.63. The van der Waals surface area contributed by atoms with Crippen molar-refractivity contribution in [1.82, 2.24) is 20.6 Å². The van der Waals surface area contributed by atoms with Crippen LogP contribution in [0.1, 0.15) is 18.8 Å². The highest BCUT2D eigenvalue weighted by Crippen LogP contribution is 1.92. The van der Waals surface area contributed by atoms with E-state index in [0.717, 1.165) is 0 Å². The van der Waals surface area contributed by atoms with Crippen molar-refractivity contribution in [2.24, 2.45) is 0 Å². The van der Waals surface area contributed by atoms with Gasteiger partial charge in [0, 0.05) is 0 Å². The Morgan fingerprint density at radius 2 is 2.50 bits per heavy atom. The van der Waals surface area contributed by atoms with Crippen LogP contribution in [0, 0.1) is 0 Å². The zero-order chi connectivity index (χ0) is 5.98. The molecule has 0 aromatic carbocycles. The topological polar surface area (TPSA) is 82.1 Å². The molecule has 0 radical (unpaired) electrons. The summed E-state index contributed by atoms with van der Waals surface area (Å²) < 4.78 is 0. The maximum atomic E-state index is 3.71. The highest BCUT2D eigenvalue weighted by Gasteiger charge is 2.05. The molecule has 0 saturated heterocycles. The molecule has 0 spiro atoms. The first-order chi connectivity index (χ1) is 3.80. The Kier molecular flexibility index (Phi) is 1.21. The SMILES string of the molecule is CC([NH3+])c1nn[nH]n1. The van der Waals surface area contributed by atoms with Crippen molar-refractivity contribution >= 4 is 0 Å². The summed E-state index contributed by atoms with van der Waals surface area (Å²) in [6.07, 6.45) is 0.